The van der Waals surface area contributed by atoms with E-state index in [2.05, 4.69) is 252 Å². The van der Waals surface area contributed by atoms with Crippen molar-refractivity contribution in [3.63, 3.8) is 0 Å². The summed E-state index contributed by atoms with van der Waals surface area (Å²) in [4.78, 5) is 2.38. The Morgan fingerprint density at radius 1 is 0.283 bits per heavy atom. The number of para-hydroxylation sites is 2. The zero-order valence-electron chi connectivity index (χ0n) is 33.0. The number of aromatic nitrogens is 1. The fourth-order valence-corrected chi connectivity index (χ4v) is 8.96. The third-order valence-electron chi connectivity index (χ3n) is 11.8. The molecule has 1 heterocycles. The van der Waals surface area contributed by atoms with Gasteiger partial charge in [-0.2, -0.15) is 0 Å². The molecule has 0 radical (unpaired) electrons. The van der Waals surface area contributed by atoms with E-state index in [0.29, 0.717) is 0 Å². The van der Waals surface area contributed by atoms with E-state index in [1.54, 1.807) is 0 Å². The Morgan fingerprint density at radius 3 is 1.38 bits per heavy atom. The molecule has 0 N–H and O–H groups in total. The maximum atomic E-state index is 2.38. The Kier molecular flexibility index (Phi) is 8.87. The SMILES string of the molecule is c1ccc(-c2cccc(-c3ccc(N(c4ccc(-n5c6ccccc6c6ccccc65)cc4)c4cccc(-c5cccc6cccc(-c7ccccc7)c56)c4)cc3)c2)cc1. The van der Waals surface area contributed by atoms with Crippen molar-refractivity contribution >= 4 is 49.6 Å². The molecule has 0 spiro atoms. The van der Waals surface area contributed by atoms with E-state index in [4.69, 9.17) is 0 Å². The van der Waals surface area contributed by atoms with Crippen LogP contribution in [0.2, 0.25) is 0 Å². The summed E-state index contributed by atoms with van der Waals surface area (Å²) >= 11 is 0. The third kappa shape index (κ3) is 6.32. The monoisotopic (exact) mass is 764 g/mol. The maximum absolute atomic E-state index is 2.38. The molecule has 282 valence electrons. The molecule has 2 heteroatoms. The van der Waals surface area contributed by atoms with Crippen molar-refractivity contribution in [3.8, 4) is 50.2 Å². The summed E-state index contributed by atoms with van der Waals surface area (Å²) in [5, 5.41) is 5.00. The van der Waals surface area contributed by atoms with Crippen LogP contribution in [0.15, 0.2) is 243 Å². The highest BCUT2D eigenvalue weighted by molar-refractivity contribution is 6.09. The topological polar surface area (TPSA) is 8.17 Å². The van der Waals surface area contributed by atoms with Crippen molar-refractivity contribution in [3.05, 3.63) is 243 Å². The number of fused-ring (bicyclic) bond motifs is 4. The fraction of sp³-hybridized carbons (Fsp3) is 0. The van der Waals surface area contributed by atoms with Crippen LogP contribution in [0.5, 0.6) is 0 Å². The van der Waals surface area contributed by atoms with Gasteiger partial charge in [-0.1, -0.05) is 176 Å². The summed E-state index contributed by atoms with van der Waals surface area (Å²) in [6, 6.07) is 87.8. The minimum Gasteiger partial charge on any atom is -0.310 e. The van der Waals surface area contributed by atoms with Crippen LogP contribution in [0.4, 0.5) is 17.1 Å². The molecular formula is C58H40N2. The summed E-state index contributed by atoms with van der Waals surface area (Å²) in [5.74, 6) is 0. The average molecular weight is 765 g/mol. The molecule has 0 bridgehead atoms. The molecule has 11 rings (SSSR count). The maximum Gasteiger partial charge on any atom is 0.0541 e. The van der Waals surface area contributed by atoms with Crippen LogP contribution >= 0.6 is 0 Å². The van der Waals surface area contributed by atoms with Gasteiger partial charge in [-0.15, -0.1) is 0 Å². The lowest BCUT2D eigenvalue weighted by atomic mass is 9.91. The Morgan fingerprint density at radius 2 is 0.750 bits per heavy atom. The van der Waals surface area contributed by atoms with Crippen LogP contribution in [-0.2, 0) is 0 Å². The molecule has 0 amide bonds. The molecule has 0 atom stereocenters. The van der Waals surface area contributed by atoms with Crippen LogP contribution in [0.3, 0.4) is 0 Å². The zero-order chi connectivity index (χ0) is 39.8. The van der Waals surface area contributed by atoms with Gasteiger partial charge in [0.1, 0.15) is 0 Å². The van der Waals surface area contributed by atoms with E-state index < -0.39 is 0 Å². The fourth-order valence-electron chi connectivity index (χ4n) is 8.96. The van der Waals surface area contributed by atoms with Crippen molar-refractivity contribution in [1.82, 2.24) is 4.57 Å². The van der Waals surface area contributed by atoms with Gasteiger partial charge in [0, 0.05) is 33.5 Å². The van der Waals surface area contributed by atoms with E-state index in [0.717, 1.165) is 22.7 Å². The molecular weight excluding hydrogens is 725 g/mol. The molecule has 0 unspecified atom stereocenters. The number of hydrogen-bond acceptors (Lipinski definition) is 1. The van der Waals surface area contributed by atoms with Crippen molar-refractivity contribution in [1.29, 1.82) is 0 Å². The number of nitrogens with zero attached hydrogens (tertiary/aromatic N) is 2. The van der Waals surface area contributed by atoms with Gasteiger partial charge in [-0.25, -0.2) is 0 Å². The summed E-state index contributed by atoms with van der Waals surface area (Å²) < 4.78 is 2.38. The Balaban J connectivity index is 1.04. The van der Waals surface area contributed by atoms with Crippen LogP contribution in [0, 0.1) is 0 Å². The van der Waals surface area contributed by atoms with Crippen LogP contribution < -0.4 is 4.90 Å². The second-order valence-electron chi connectivity index (χ2n) is 15.3. The average Bonchev–Trinajstić information content (AvgIpc) is 3.67. The summed E-state index contributed by atoms with van der Waals surface area (Å²) in [7, 11) is 0. The standard InChI is InChI=1S/C58H40N2/c1-3-15-41(16-4-1)45-21-11-22-46(39-45)42-31-33-48(34-32-42)59(49-35-37-50(38-36-49)60-56-29-9-7-25-54(56)55-26-8-10-30-57(55)60)51-24-12-23-47(40-51)53-28-14-20-44-19-13-27-52(58(44)53)43-17-5-2-6-18-43/h1-40H. The number of anilines is 3. The van der Waals surface area contributed by atoms with Gasteiger partial charge in [0.05, 0.1) is 11.0 Å². The van der Waals surface area contributed by atoms with Gasteiger partial charge in [-0.3, -0.25) is 0 Å². The van der Waals surface area contributed by atoms with E-state index in [1.165, 1.54) is 77.1 Å². The molecule has 2 nitrogen and oxygen atoms in total. The van der Waals surface area contributed by atoms with Crippen LogP contribution in [0.25, 0.3) is 82.8 Å². The van der Waals surface area contributed by atoms with Gasteiger partial charge >= 0.3 is 0 Å². The predicted molar refractivity (Wildman–Crippen MR) is 255 cm³/mol. The normalized spacial score (nSPS) is 11.3. The summed E-state index contributed by atoms with van der Waals surface area (Å²) in [6.45, 7) is 0. The lowest BCUT2D eigenvalue weighted by Gasteiger charge is -2.27. The van der Waals surface area contributed by atoms with Gasteiger partial charge in [0.2, 0.25) is 0 Å². The molecule has 60 heavy (non-hydrogen) atoms. The van der Waals surface area contributed by atoms with E-state index in [1.807, 2.05) is 0 Å². The smallest absolute Gasteiger partial charge is 0.0541 e. The van der Waals surface area contributed by atoms with Gasteiger partial charge in [0.25, 0.3) is 0 Å². The summed E-state index contributed by atoms with van der Waals surface area (Å²) in [6.07, 6.45) is 0. The second kappa shape index (κ2) is 15.1. The van der Waals surface area contributed by atoms with E-state index in [-0.39, 0.29) is 0 Å². The van der Waals surface area contributed by atoms with E-state index >= 15 is 0 Å². The minimum absolute atomic E-state index is 1.08. The molecule has 0 aliphatic carbocycles. The lowest BCUT2D eigenvalue weighted by Crippen LogP contribution is -2.10. The highest BCUT2D eigenvalue weighted by atomic mass is 15.1. The zero-order valence-corrected chi connectivity index (χ0v) is 33.0. The van der Waals surface area contributed by atoms with Gasteiger partial charge < -0.3 is 9.47 Å². The first-order valence-electron chi connectivity index (χ1n) is 20.6. The Bertz CT molecular complexity index is 3230. The Labute approximate surface area is 350 Å². The first kappa shape index (κ1) is 35.2. The second-order valence-corrected chi connectivity index (χ2v) is 15.3. The minimum atomic E-state index is 1.08. The largest absolute Gasteiger partial charge is 0.310 e. The molecule has 0 aliphatic heterocycles. The van der Waals surface area contributed by atoms with Crippen LogP contribution in [-0.4, -0.2) is 4.57 Å². The van der Waals surface area contributed by atoms with Crippen molar-refractivity contribution in [2.45, 2.75) is 0 Å². The Hall–Kier alpha value is -7.94. The van der Waals surface area contributed by atoms with E-state index in [9.17, 15) is 0 Å². The number of rotatable bonds is 8. The van der Waals surface area contributed by atoms with Crippen LogP contribution in [0.1, 0.15) is 0 Å². The first-order chi connectivity index (χ1) is 29.8. The van der Waals surface area contributed by atoms with Gasteiger partial charge in [-0.05, 0) is 122 Å². The molecule has 10 aromatic carbocycles. The molecule has 0 fully saturated rings. The van der Waals surface area contributed by atoms with Crippen molar-refractivity contribution in [2.75, 3.05) is 4.90 Å². The quantitative estimate of drug-likeness (QED) is 0.150. The van der Waals surface area contributed by atoms with Crippen molar-refractivity contribution < 1.29 is 0 Å². The third-order valence-corrected chi connectivity index (χ3v) is 11.8. The molecule has 11 aromatic rings. The molecule has 0 saturated carbocycles. The van der Waals surface area contributed by atoms with Gasteiger partial charge in [0.15, 0.2) is 0 Å². The molecule has 0 aliphatic rings. The predicted octanol–water partition coefficient (Wildman–Crippen LogP) is 16.1. The molecule has 1 aromatic heterocycles. The lowest BCUT2D eigenvalue weighted by molar-refractivity contribution is 1.17. The number of hydrogen-bond donors (Lipinski definition) is 0. The van der Waals surface area contributed by atoms with Crippen molar-refractivity contribution in [2.24, 2.45) is 0 Å². The molecule has 0 saturated heterocycles. The summed E-state index contributed by atoms with van der Waals surface area (Å²) in [5.41, 5.74) is 16.4. The number of benzene rings is 10. The highest BCUT2D eigenvalue weighted by Crippen LogP contribution is 2.42. The highest BCUT2D eigenvalue weighted by Gasteiger charge is 2.18. The first-order valence-corrected chi connectivity index (χ1v) is 20.6.